The lowest BCUT2D eigenvalue weighted by Gasteiger charge is -2.10. The molecule has 2 heterocycles. The molecular formula is C19H19N5O. The number of rotatable bonds is 4. The number of carbonyl (C=O) groups is 1. The van der Waals surface area contributed by atoms with E-state index in [2.05, 4.69) is 15.4 Å². The standard InChI is InChI=1S/C19H19N5O/c1-11(2)18(20)13-5-3-12(4-6-13)17-9-14(19(25)24-21)15-10-22-8-7-16(15)23-17/h3-11,20H,21H2,1-2H3,(H,24,25). The number of nitrogens with two attached hydrogens (primary N) is 1. The maximum atomic E-state index is 12.1. The first kappa shape index (κ1) is 16.7. The van der Waals surface area contributed by atoms with Gasteiger partial charge in [0, 0.05) is 29.1 Å². The maximum absolute atomic E-state index is 12.1. The van der Waals surface area contributed by atoms with Crippen LogP contribution in [0.5, 0.6) is 0 Å². The van der Waals surface area contributed by atoms with Crippen LogP contribution in [0.1, 0.15) is 29.8 Å². The average molecular weight is 333 g/mol. The second kappa shape index (κ2) is 6.78. The van der Waals surface area contributed by atoms with E-state index in [1.807, 2.05) is 38.1 Å². The highest BCUT2D eigenvalue weighted by atomic mass is 16.2. The molecule has 0 radical (unpaired) electrons. The summed E-state index contributed by atoms with van der Waals surface area (Å²) in [5.74, 6) is 5.08. The lowest BCUT2D eigenvalue weighted by Crippen LogP contribution is -2.30. The highest BCUT2D eigenvalue weighted by Crippen LogP contribution is 2.25. The Labute approximate surface area is 145 Å². The molecule has 0 aliphatic carbocycles. The van der Waals surface area contributed by atoms with Gasteiger partial charge in [0.25, 0.3) is 5.91 Å². The van der Waals surface area contributed by atoms with Crippen LogP contribution in [0.25, 0.3) is 22.2 Å². The summed E-state index contributed by atoms with van der Waals surface area (Å²) < 4.78 is 0. The fraction of sp³-hybridized carbons (Fsp3) is 0.158. The van der Waals surface area contributed by atoms with Gasteiger partial charge in [-0.2, -0.15) is 0 Å². The number of nitrogens with one attached hydrogen (secondary N) is 2. The average Bonchev–Trinajstić information content (AvgIpc) is 2.65. The SMILES string of the molecule is CC(C)C(=N)c1ccc(-c2cc(C(=O)NN)c3cnccc3n2)cc1. The third-order valence-corrected chi connectivity index (χ3v) is 4.05. The van der Waals surface area contributed by atoms with Crippen molar-refractivity contribution in [1.29, 1.82) is 5.41 Å². The first-order valence-electron chi connectivity index (χ1n) is 7.96. The predicted octanol–water partition coefficient (Wildman–Crippen LogP) is 2.92. The van der Waals surface area contributed by atoms with E-state index in [1.165, 1.54) is 0 Å². The normalized spacial score (nSPS) is 10.9. The third kappa shape index (κ3) is 3.25. The smallest absolute Gasteiger partial charge is 0.265 e. The fourth-order valence-corrected chi connectivity index (χ4v) is 2.64. The quantitative estimate of drug-likeness (QED) is 0.295. The van der Waals surface area contributed by atoms with Crippen molar-refractivity contribution in [3.05, 3.63) is 59.9 Å². The monoisotopic (exact) mass is 333 g/mol. The van der Waals surface area contributed by atoms with Gasteiger partial charge in [0.2, 0.25) is 0 Å². The van der Waals surface area contributed by atoms with Crippen molar-refractivity contribution >= 4 is 22.5 Å². The van der Waals surface area contributed by atoms with Crippen LogP contribution < -0.4 is 11.3 Å². The van der Waals surface area contributed by atoms with Gasteiger partial charge in [-0.1, -0.05) is 38.1 Å². The zero-order valence-electron chi connectivity index (χ0n) is 14.1. The molecule has 0 spiro atoms. The van der Waals surface area contributed by atoms with E-state index in [1.54, 1.807) is 24.5 Å². The molecule has 25 heavy (non-hydrogen) atoms. The van der Waals surface area contributed by atoms with E-state index >= 15 is 0 Å². The number of benzene rings is 1. The second-order valence-corrected chi connectivity index (χ2v) is 6.07. The summed E-state index contributed by atoms with van der Waals surface area (Å²) in [5, 5.41) is 8.74. The summed E-state index contributed by atoms with van der Waals surface area (Å²) in [4.78, 5) is 20.8. The van der Waals surface area contributed by atoms with Crippen LogP contribution in [0.2, 0.25) is 0 Å². The molecule has 3 rings (SSSR count). The summed E-state index contributed by atoms with van der Waals surface area (Å²) in [7, 11) is 0. The number of nitrogens with zero attached hydrogens (tertiary/aromatic N) is 2. The van der Waals surface area contributed by atoms with Crippen molar-refractivity contribution < 1.29 is 4.79 Å². The number of amides is 1. The molecule has 0 aliphatic rings. The lowest BCUT2D eigenvalue weighted by molar-refractivity contribution is 0.0955. The summed E-state index contributed by atoms with van der Waals surface area (Å²) in [6, 6.07) is 11.1. The van der Waals surface area contributed by atoms with Gasteiger partial charge in [-0.3, -0.25) is 15.2 Å². The van der Waals surface area contributed by atoms with E-state index in [0.29, 0.717) is 27.9 Å². The van der Waals surface area contributed by atoms with Gasteiger partial charge < -0.3 is 5.41 Å². The Kier molecular flexibility index (Phi) is 4.54. The molecule has 0 bridgehead atoms. The van der Waals surface area contributed by atoms with Crippen LogP contribution in [0.15, 0.2) is 48.8 Å². The van der Waals surface area contributed by atoms with E-state index < -0.39 is 0 Å². The Morgan fingerprint density at radius 3 is 2.56 bits per heavy atom. The molecule has 1 aromatic carbocycles. The molecule has 0 saturated heterocycles. The van der Waals surface area contributed by atoms with Gasteiger partial charge in [-0.25, -0.2) is 10.8 Å². The zero-order chi connectivity index (χ0) is 18.0. The van der Waals surface area contributed by atoms with Gasteiger partial charge in [-0.05, 0) is 23.6 Å². The molecule has 0 atom stereocenters. The summed E-state index contributed by atoms with van der Waals surface area (Å²) >= 11 is 0. The van der Waals surface area contributed by atoms with Gasteiger partial charge in [-0.15, -0.1) is 0 Å². The summed E-state index contributed by atoms with van der Waals surface area (Å²) in [6.07, 6.45) is 3.24. The fourth-order valence-electron chi connectivity index (χ4n) is 2.64. The van der Waals surface area contributed by atoms with E-state index in [-0.39, 0.29) is 11.8 Å². The molecule has 0 unspecified atom stereocenters. The predicted molar refractivity (Wildman–Crippen MR) is 98.3 cm³/mol. The van der Waals surface area contributed by atoms with E-state index in [4.69, 9.17) is 11.3 Å². The van der Waals surface area contributed by atoms with E-state index in [0.717, 1.165) is 11.1 Å². The number of aromatic nitrogens is 2. The Hall–Kier alpha value is -3.12. The molecule has 1 amide bonds. The zero-order valence-corrected chi connectivity index (χ0v) is 14.1. The molecule has 0 saturated carbocycles. The molecule has 6 heteroatoms. The molecule has 0 aliphatic heterocycles. The van der Waals surface area contributed by atoms with Crippen LogP contribution >= 0.6 is 0 Å². The van der Waals surface area contributed by atoms with Gasteiger partial charge in [0.1, 0.15) is 0 Å². The Bertz CT molecular complexity index is 948. The minimum atomic E-state index is -0.389. The first-order valence-corrected chi connectivity index (χ1v) is 7.96. The molecular weight excluding hydrogens is 314 g/mol. The highest BCUT2D eigenvalue weighted by molar-refractivity contribution is 6.06. The van der Waals surface area contributed by atoms with Gasteiger partial charge in [0.05, 0.1) is 16.8 Å². The molecule has 4 N–H and O–H groups in total. The highest BCUT2D eigenvalue weighted by Gasteiger charge is 2.14. The van der Waals surface area contributed by atoms with Crippen molar-refractivity contribution in [2.45, 2.75) is 13.8 Å². The Morgan fingerprint density at radius 1 is 1.20 bits per heavy atom. The van der Waals surface area contributed by atoms with Crippen molar-refractivity contribution in [2.75, 3.05) is 0 Å². The van der Waals surface area contributed by atoms with Crippen LogP contribution in [-0.4, -0.2) is 21.6 Å². The minimum absolute atomic E-state index is 0.164. The van der Waals surface area contributed by atoms with Gasteiger partial charge >= 0.3 is 0 Å². The number of carbonyl (C=O) groups excluding carboxylic acids is 1. The number of hydrogen-bond acceptors (Lipinski definition) is 5. The molecule has 2 aromatic heterocycles. The van der Waals surface area contributed by atoms with Crippen molar-refractivity contribution in [2.24, 2.45) is 11.8 Å². The third-order valence-electron chi connectivity index (χ3n) is 4.05. The van der Waals surface area contributed by atoms with Crippen LogP contribution in [-0.2, 0) is 0 Å². The van der Waals surface area contributed by atoms with E-state index in [9.17, 15) is 4.79 Å². The molecule has 126 valence electrons. The molecule has 6 nitrogen and oxygen atoms in total. The summed E-state index contributed by atoms with van der Waals surface area (Å²) in [6.45, 7) is 3.99. The maximum Gasteiger partial charge on any atom is 0.265 e. The van der Waals surface area contributed by atoms with Crippen LogP contribution in [0.3, 0.4) is 0 Å². The number of nitrogen functional groups attached to an aromatic ring is 1. The van der Waals surface area contributed by atoms with Crippen LogP contribution in [0.4, 0.5) is 0 Å². The lowest BCUT2D eigenvalue weighted by atomic mass is 9.98. The molecule has 0 fully saturated rings. The van der Waals surface area contributed by atoms with Crippen molar-refractivity contribution in [1.82, 2.24) is 15.4 Å². The second-order valence-electron chi connectivity index (χ2n) is 6.07. The first-order chi connectivity index (χ1) is 12.0. The Morgan fingerprint density at radius 2 is 1.92 bits per heavy atom. The molecule has 3 aromatic rings. The topological polar surface area (TPSA) is 105 Å². The minimum Gasteiger partial charge on any atom is -0.304 e. The van der Waals surface area contributed by atoms with Crippen molar-refractivity contribution in [3.8, 4) is 11.3 Å². The van der Waals surface area contributed by atoms with Gasteiger partial charge in [0.15, 0.2) is 0 Å². The number of hydrazine groups is 1. The van der Waals surface area contributed by atoms with Crippen molar-refractivity contribution in [3.63, 3.8) is 0 Å². The number of fused-ring (bicyclic) bond motifs is 1. The summed E-state index contributed by atoms with van der Waals surface area (Å²) in [5.41, 5.74) is 6.26. The number of hydrogen-bond donors (Lipinski definition) is 3. The van der Waals surface area contributed by atoms with Crippen LogP contribution in [0, 0.1) is 11.3 Å². The Balaban J connectivity index is 2.09. The largest absolute Gasteiger partial charge is 0.304 e. The number of pyridine rings is 2.